The normalized spacial score (nSPS) is 17.6. The van der Waals surface area contributed by atoms with Crippen LogP contribution in [0.4, 0.5) is 0 Å². The third-order valence-corrected chi connectivity index (χ3v) is 4.82. The third-order valence-electron chi connectivity index (χ3n) is 4.82. The van der Waals surface area contributed by atoms with Crippen molar-refractivity contribution < 1.29 is 4.74 Å². The zero-order chi connectivity index (χ0) is 14.9. The molecule has 0 bridgehead atoms. The van der Waals surface area contributed by atoms with Crippen LogP contribution >= 0.6 is 0 Å². The quantitative estimate of drug-likeness (QED) is 0.715. The molecule has 0 spiro atoms. The average Bonchev–Trinajstić information content (AvgIpc) is 2.55. The van der Waals surface area contributed by atoms with Gasteiger partial charge in [-0.25, -0.2) is 0 Å². The summed E-state index contributed by atoms with van der Waals surface area (Å²) < 4.78 is 5.54. The van der Waals surface area contributed by atoms with E-state index in [9.17, 15) is 0 Å². The molecule has 0 saturated heterocycles. The SMILES string of the molecule is CCCNCC(Cc1ccccc1OC)C1CCCCC1. The Morgan fingerprint density at radius 1 is 1.19 bits per heavy atom. The van der Waals surface area contributed by atoms with Crippen molar-refractivity contribution in [3.63, 3.8) is 0 Å². The van der Waals surface area contributed by atoms with Gasteiger partial charge in [0, 0.05) is 0 Å². The summed E-state index contributed by atoms with van der Waals surface area (Å²) in [5.74, 6) is 2.68. The largest absolute Gasteiger partial charge is 0.496 e. The van der Waals surface area contributed by atoms with Crippen LogP contribution < -0.4 is 10.1 Å². The van der Waals surface area contributed by atoms with E-state index < -0.39 is 0 Å². The van der Waals surface area contributed by atoms with Crippen LogP contribution in [-0.2, 0) is 6.42 Å². The number of rotatable bonds is 8. The van der Waals surface area contributed by atoms with Crippen LogP contribution in [0.25, 0.3) is 0 Å². The Morgan fingerprint density at radius 3 is 2.67 bits per heavy atom. The van der Waals surface area contributed by atoms with Crippen LogP contribution in [0.1, 0.15) is 51.0 Å². The lowest BCUT2D eigenvalue weighted by Gasteiger charge is -2.31. The lowest BCUT2D eigenvalue weighted by Crippen LogP contribution is -2.31. The highest BCUT2D eigenvalue weighted by molar-refractivity contribution is 5.33. The molecular formula is C19H31NO. The first-order valence-corrected chi connectivity index (χ1v) is 8.67. The maximum Gasteiger partial charge on any atom is 0.122 e. The summed E-state index contributed by atoms with van der Waals surface area (Å²) in [5, 5.41) is 3.65. The molecule has 1 unspecified atom stereocenters. The van der Waals surface area contributed by atoms with Gasteiger partial charge in [-0.15, -0.1) is 0 Å². The van der Waals surface area contributed by atoms with Crippen LogP contribution in [0.5, 0.6) is 5.75 Å². The Morgan fingerprint density at radius 2 is 1.95 bits per heavy atom. The molecule has 1 aliphatic carbocycles. The zero-order valence-electron chi connectivity index (χ0n) is 13.7. The minimum absolute atomic E-state index is 0.744. The molecule has 2 heteroatoms. The number of ether oxygens (including phenoxy) is 1. The second-order valence-electron chi connectivity index (χ2n) is 6.38. The summed E-state index contributed by atoms with van der Waals surface area (Å²) in [6.07, 6.45) is 9.45. The summed E-state index contributed by atoms with van der Waals surface area (Å²) in [7, 11) is 1.78. The highest BCUT2D eigenvalue weighted by atomic mass is 16.5. The summed E-state index contributed by atoms with van der Waals surface area (Å²) in [4.78, 5) is 0. The van der Waals surface area contributed by atoms with Gasteiger partial charge in [0.15, 0.2) is 0 Å². The van der Waals surface area contributed by atoms with Gasteiger partial charge in [0.05, 0.1) is 7.11 Å². The molecule has 1 aromatic rings. The number of nitrogens with one attached hydrogen (secondary N) is 1. The van der Waals surface area contributed by atoms with Gasteiger partial charge in [-0.05, 0) is 49.4 Å². The van der Waals surface area contributed by atoms with Crippen LogP contribution in [0.15, 0.2) is 24.3 Å². The van der Waals surface area contributed by atoms with E-state index in [0.29, 0.717) is 0 Å². The summed E-state index contributed by atoms with van der Waals surface area (Å²) in [6, 6.07) is 8.52. The van der Waals surface area contributed by atoms with Gasteiger partial charge in [-0.1, -0.05) is 57.2 Å². The molecule has 1 atom stereocenters. The highest BCUT2D eigenvalue weighted by Gasteiger charge is 2.24. The molecule has 1 aromatic carbocycles. The Bertz CT molecular complexity index is 398. The Labute approximate surface area is 130 Å². The molecule has 118 valence electrons. The van der Waals surface area contributed by atoms with Gasteiger partial charge >= 0.3 is 0 Å². The molecule has 2 nitrogen and oxygen atoms in total. The van der Waals surface area contributed by atoms with Crippen LogP contribution in [-0.4, -0.2) is 20.2 Å². The van der Waals surface area contributed by atoms with Gasteiger partial charge in [-0.3, -0.25) is 0 Å². The lowest BCUT2D eigenvalue weighted by atomic mass is 9.77. The molecule has 1 fully saturated rings. The van der Waals surface area contributed by atoms with E-state index in [0.717, 1.165) is 37.1 Å². The Kier molecular flexibility index (Phi) is 7.08. The molecule has 21 heavy (non-hydrogen) atoms. The van der Waals surface area contributed by atoms with E-state index in [4.69, 9.17) is 4.74 Å². The topological polar surface area (TPSA) is 21.3 Å². The predicted molar refractivity (Wildman–Crippen MR) is 89.9 cm³/mol. The molecule has 0 aliphatic heterocycles. The third kappa shape index (κ3) is 5.03. The molecule has 0 aromatic heterocycles. The molecule has 0 amide bonds. The van der Waals surface area contributed by atoms with E-state index >= 15 is 0 Å². The number of benzene rings is 1. The van der Waals surface area contributed by atoms with E-state index in [2.05, 4.69) is 36.5 Å². The number of hydrogen-bond acceptors (Lipinski definition) is 2. The molecule has 1 aliphatic rings. The first-order chi connectivity index (χ1) is 10.3. The van der Waals surface area contributed by atoms with Crippen molar-refractivity contribution in [2.45, 2.75) is 51.9 Å². The fraction of sp³-hybridized carbons (Fsp3) is 0.684. The minimum Gasteiger partial charge on any atom is -0.496 e. The minimum atomic E-state index is 0.744. The summed E-state index contributed by atoms with van der Waals surface area (Å²) in [5.41, 5.74) is 1.37. The van der Waals surface area contributed by atoms with E-state index in [-0.39, 0.29) is 0 Å². The molecule has 0 heterocycles. The van der Waals surface area contributed by atoms with E-state index in [1.807, 2.05) is 0 Å². The Balaban J connectivity index is 2.02. The molecule has 2 rings (SSSR count). The fourth-order valence-corrected chi connectivity index (χ4v) is 3.63. The van der Waals surface area contributed by atoms with Crippen LogP contribution in [0.2, 0.25) is 0 Å². The van der Waals surface area contributed by atoms with Crippen LogP contribution in [0, 0.1) is 11.8 Å². The number of methoxy groups -OCH3 is 1. The van der Waals surface area contributed by atoms with Crippen molar-refractivity contribution in [2.75, 3.05) is 20.2 Å². The predicted octanol–water partition coefficient (Wildman–Crippen LogP) is 4.43. The first kappa shape index (κ1) is 16.4. The average molecular weight is 289 g/mol. The van der Waals surface area contributed by atoms with Gasteiger partial charge < -0.3 is 10.1 Å². The van der Waals surface area contributed by atoms with Gasteiger partial charge in [0.25, 0.3) is 0 Å². The monoisotopic (exact) mass is 289 g/mol. The van der Waals surface area contributed by atoms with Gasteiger partial charge in [0.1, 0.15) is 5.75 Å². The number of hydrogen-bond donors (Lipinski definition) is 1. The Hall–Kier alpha value is -1.02. The van der Waals surface area contributed by atoms with Gasteiger partial charge in [0.2, 0.25) is 0 Å². The first-order valence-electron chi connectivity index (χ1n) is 8.67. The second kappa shape index (κ2) is 9.09. The molecule has 1 saturated carbocycles. The molecule has 0 radical (unpaired) electrons. The maximum absolute atomic E-state index is 5.54. The van der Waals surface area contributed by atoms with Crippen LogP contribution in [0.3, 0.4) is 0 Å². The van der Waals surface area contributed by atoms with Crippen molar-refractivity contribution in [1.82, 2.24) is 5.32 Å². The van der Waals surface area contributed by atoms with Crippen molar-refractivity contribution in [3.05, 3.63) is 29.8 Å². The lowest BCUT2D eigenvalue weighted by molar-refractivity contribution is 0.238. The van der Waals surface area contributed by atoms with Crippen molar-refractivity contribution in [2.24, 2.45) is 11.8 Å². The highest BCUT2D eigenvalue weighted by Crippen LogP contribution is 2.33. The zero-order valence-corrected chi connectivity index (χ0v) is 13.7. The molecule has 1 N–H and O–H groups in total. The summed E-state index contributed by atoms with van der Waals surface area (Å²) >= 11 is 0. The van der Waals surface area contributed by atoms with Crippen molar-refractivity contribution in [3.8, 4) is 5.75 Å². The standard InChI is InChI=1S/C19H31NO/c1-3-13-20-15-18(16-9-5-4-6-10-16)14-17-11-7-8-12-19(17)21-2/h7-8,11-12,16,18,20H,3-6,9-10,13-15H2,1-2H3. The molecular weight excluding hydrogens is 258 g/mol. The maximum atomic E-state index is 5.54. The van der Waals surface area contributed by atoms with E-state index in [1.165, 1.54) is 44.1 Å². The second-order valence-corrected chi connectivity index (χ2v) is 6.38. The summed E-state index contributed by atoms with van der Waals surface area (Å²) in [6.45, 7) is 4.52. The van der Waals surface area contributed by atoms with Crippen molar-refractivity contribution in [1.29, 1.82) is 0 Å². The van der Waals surface area contributed by atoms with E-state index in [1.54, 1.807) is 7.11 Å². The smallest absolute Gasteiger partial charge is 0.122 e. The number of para-hydroxylation sites is 1. The fourth-order valence-electron chi connectivity index (χ4n) is 3.63. The van der Waals surface area contributed by atoms with Crippen molar-refractivity contribution >= 4 is 0 Å². The van der Waals surface area contributed by atoms with Gasteiger partial charge in [-0.2, -0.15) is 0 Å².